The van der Waals surface area contributed by atoms with Crippen LogP contribution in [0.1, 0.15) is 28.8 Å². The quantitative estimate of drug-likeness (QED) is 0.890. The molecule has 1 aromatic heterocycles. The number of halogens is 1. The second-order valence-corrected chi connectivity index (χ2v) is 4.23. The molecule has 1 rings (SSSR count). The summed E-state index contributed by atoms with van der Waals surface area (Å²) in [5, 5.41) is 11.0. The third kappa shape index (κ3) is 2.44. The summed E-state index contributed by atoms with van der Waals surface area (Å²) < 4.78 is 5.81. The van der Waals surface area contributed by atoms with Crippen molar-refractivity contribution < 1.29 is 19.1 Å². The number of carboxylic acids is 1. The molecule has 0 saturated heterocycles. The van der Waals surface area contributed by atoms with E-state index in [-0.39, 0.29) is 0 Å². The van der Waals surface area contributed by atoms with E-state index >= 15 is 0 Å². The first kappa shape index (κ1) is 12.8. The number of aliphatic carboxylic acids is 1. The van der Waals surface area contributed by atoms with Crippen LogP contribution in [-0.2, 0) is 4.79 Å². The van der Waals surface area contributed by atoms with Gasteiger partial charge >= 0.3 is 5.97 Å². The maximum atomic E-state index is 11.8. The molecule has 0 aliphatic rings. The first-order valence-electron chi connectivity index (χ1n) is 4.63. The molecule has 0 spiro atoms. The molecule has 88 valence electrons. The minimum atomic E-state index is -1.08. The third-order valence-electron chi connectivity index (χ3n) is 2.13. The number of carbonyl (C=O) groups excluding carboxylic acids is 1. The third-order valence-corrected chi connectivity index (χ3v) is 3.09. The van der Waals surface area contributed by atoms with Crippen LogP contribution >= 0.6 is 15.9 Å². The van der Waals surface area contributed by atoms with Crippen LogP contribution in [0, 0.1) is 13.8 Å². The van der Waals surface area contributed by atoms with Gasteiger partial charge in [0.05, 0.1) is 10.0 Å². The smallest absolute Gasteiger partial charge is 0.325 e. The summed E-state index contributed by atoms with van der Waals surface area (Å²) in [4.78, 5) is 22.3. The van der Waals surface area contributed by atoms with Crippen LogP contribution in [0.3, 0.4) is 0 Å². The molecule has 5 nitrogen and oxygen atoms in total. The number of carbonyl (C=O) groups is 2. The standard InChI is InChI=1S/C10H12BrNO4/c1-4(10(14)15)12-9(13)7-5(2)16-6(3)8(7)11/h4H,1-3H3,(H,12,13)(H,14,15)/t4-/m1/s1. The van der Waals surface area contributed by atoms with Crippen molar-refractivity contribution in [3.8, 4) is 0 Å². The van der Waals surface area contributed by atoms with E-state index < -0.39 is 17.9 Å². The van der Waals surface area contributed by atoms with Crippen molar-refractivity contribution in [3.05, 3.63) is 21.6 Å². The molecule has 0 aliphatic carbocycles. The molecule has 0 unspecified atom stereocenters. The zero-order valence-corrected chi connectivity index (χ0v) is 10.7. The lowest BCUT2D eigenvalue weighted by molar-refractivity contribution is -0.138. The zero-order chi connectivity index (χ0) is 12.5. The molecule has 1 heterocycles. The monoisotopic (exact) mass is 289 g/mol. The molecule has 6 heteroatoms. The fraction of sp³-hybridized carbons (Fsp3) is 0.400. The Morgan fingerprint density at radius 2 is 1.94 bits per heavy atom. The van der Waals surface area contributed by atoms with E-state index in [2.05, 4.69) is 21.2 Å². The van der Waals surface area contributed by atoms with Crippen molar-refractivity contribution in [2.24, 2.45) is 0 Å². The van der Waals surface area contributed by atoms with Crippen molar-refractivity contribution in [1.82, 2.24) is 5.32 Å². The average Bonchev–Trinajstić information content (AvgIpc) is 2.40. The second kappa shape index (κ2) is 4.69. The van der Waals surface area contributed by atoms with Gasteiger partial charge in [-0.05, 0) is 36.7 Å². The Morgan fingerprint density at radius 3 is 2.31 bits per heavy atom. The van der Waals surface area contributed by atoms with Crippen LogP contribution in [0.5, 0.6) is 0 Å². The number of hydrogen-bond donors (Lipinski definition) is 2. The van der Waals surface area contributed by atoms with Crippen LogP contribution in [0.4, 0.5) is 0 Å². The highest BCUT2D eigenvalue weighted by molar-refractivity contribution is 9.10. The van der Waals surface area contributed by atoms with Gasteiger partial charge in [-0.1, -0.05) is 0 Å². The molecule has 0 saturated carbocycles. The summed E-state index contributed by atoms with van der Waals surface area (Å²) in [6, 6.07) is -0.936. The summed E-state index contributed by atoms with van der Waals surface area (Å²) >= 11 is 3.23. The lowest BCUT2D eigenvalue weighted by Crippen LogP contribution is -2.38. The number of nitrogens with one attached hydrogen (secondary N) is 1. The summed E-state index contributed by atoms with van der Waals surface area (Å²) in [7, 11) is 0. The topological polar surface area (TPSA) is 79.5 Å². The van der Waals surface area contributed by atoms with E-state index in [4.69, 9.17) is 9.52 Å². The van der Waals surface area contributed by atoms with E-state index in [0.717, 1.165) is 0 Å². The predicted molar refractivity (Wildman–Crippen MR) is 60.4 cm³/mol. The first-order chi connectivity index (χ1) is 7.34. The zero-order valence-electron chi connectivity index (χ0n) is 9.13. The maximum absolute atomic E-state index is 11.8. The number of furan rings is 1. The Morgan fingerprint density at radius 1 is 1.38 bits per heavy atom. The Bertz CT molecular complexity index is 438. The average molecular weight is 290 g/mol. The molecule has 0 aromatic carbocycles. The lowest BCUT2D eigenvalue weighted by atomic mass is 10.2. The fourth-order valence-corrected chi connectivity index (χ4v) is 1.79. The number of carboxylic acid groups (broad SMARTS) is 1. The summed E-state index contributed by atoms with van der Waals surface area (Å²) in [5.41, 5.74) is 0.339. The highest BCUT2D eigenvalue weighted by Gasteiger charge is 2.22. The van der Waals surface area contributed by atoms with E-state index in [9.17, 15) is 9.59 Å². The maximum Gasteiger partial charge on any atom is 0.325 e. The lowest BCUT2D eigenvalue weighted by Gasteiger charge is -2.08. The van der Waals surface area contributed by atoms with Crippen LogP contribution in [0.25, 0.3) is 0 Å². The van der Waals surface area contributed by atoms with Crippen molar-refractivity contribution in [3.63, 3.8) is 0 Å². The van der Waals surface area contributed by atoms with Gasteiger partial charge in [0.25, 0.3) is 5.91 Å². The molecule has 1 aromatic rings. The Kier molecular flexibility index (Phi) is 3.74. The van der Waals surface area contributed by atoms with E-state index in [1.165, 1.54) is 6.92 Å². The van der Waals surface area contributed by atoms with Gasteiger partial charge in [0, 0.05) is 0 Å². The van der Waals surface area contributed by atoms with Crippen LogP contribution < -0.4 is 5.32 Å². The minimum Gasteiger partial charge on any atom is -0.480 e. The molecule has 0 radical (unpaired) electrons. The molecule has 16 heavy (non-hydrogen) atoms. The molecule has 1 atom stereocenters. The van der Waals surface area contributed by atoms with E-state index in [1.807, 2.05) is 0 Å². The van der Waals surface area contributed by atoms with E-state index in [0.29, 0.717) is 21.6 Å². The van der Waals surface area contributed by atoms with Crippen molar-refractivity contribution in [2.45, 2.75) is 26.8 Å². The Balaban J connectivity index is 2.93. The van der Waals surface area contributed by atoms with Crippen LogP contribution in [0.2, 0.25) is 0 Å². The van der Waals surface area contributed by atoms with Gasteiger partial charge in [0.1, 0.15) is 17.6 Å². The summed E-state index contributed by atoms with van der Waals surface area (Å²) in [5.74, 6) is -0.497. The van der Waals surface area contributed by atoms with E-state index in [1.54, 1.807) is 13.8 Å². The predicted octanol–water partition coefficient (Wildman–Crippen LogP) is 1.86. The molecular weight excluding hydrogens is 278 g/mol. The van der Waals surface area contributed by atoms with Crippen molar-refractivity contribution in [1.29, 1.82) is 0 Å². The van der Waals surface area contributed by atoms with Gasteiger partial charge in [-0.25, -0.2) is 0 Å². The molecule has 1 amide bonds. The largest absolute Gasteiger partial charge is 0.480 e. The van der Waals surface area contributed by atoms with Gasteiger partial charge in [-0.2, -0.15) is 0 Å². The SMILES string of the molecule is Cc1oc(C)c(C(=O)N[C@H](C)C(=O)O)c1Br. The number of aryl methyl sites for hydroxylation is 2. The molecule has 0 bridgehead atoms. The highest BCUT2D eigenvalue weighted by Crippen LogP contribution is 2.27. The molecular formula is C10H12BrNO4. The Labute approximate surface area is 101 Å². The Hall–Kier alpha value is -1.30. The van der Waals surface area contributed by atoms with Gasteiger partial charge in [0.2, 0.25) is 0 Å². The fourth-order valence-electron chi connectivity index (χ4n) is 1.25. The summed E-state index contributed by atoms with van der Waals surface area (Å²) in [6.45, 7) is 4.77. The first-order valence-corrected chi connectivity index (χ1v) is 5.43. The van der Waals surface area contributed by atoms with Crippen molar-refractivity contribution in [2.75, 3.05) is 0 Å². The van der Waals surface area contributed by atoms with Crippen molar-refractivity contribution >= 4 is 27.8 Å². The van der Waals surface area contributed by atoms with Gasteiger partial charge in [-0.15, -0.1) is 0 Å². The molecule has 0 aliphatic heterocycles. The molecule has 2 N–H and O–H groups in total. The number of amides is 1. The second-order valence-electron chi connectivity index (χ2n) is 3.44. The van der Waals surface area contributed by atoms with Crippen LogP contribution in [0.15, 0.2) is 8.89 Å². The minimum absolute atomic E-state index is 0.339. The van der Waals surface area contributed by atoms with Gasteiger partial charge in [-0.3, -0.25) is 9.59 Å². The summed E-state index contributed by atoms with van der Waals surface area (Å²) in [6.07, 6.45) is 0. The highest BCUT2D eigenvalue weighted by atomic mass is 79.9. The number of hydrogen-bond acceptors (Lipinski definition) is 3. The van der Waals surface area contributed by atoms with Gasteiger partial charge in [0.15, 0.2) is 0 Å². The van der Waals surface area contributed by atoms with Gasteiger partial charge < -0.3 is 14.8 Å². The normalized spacial score (nSPS) is 12.2. The van der Waals surface area contributed by atoms with Crippen LogP contribution in [-0.4, -0.2) is 23.0 Å². The molecule has 0 fully saturated rings. The number of rotatable bonds is 3.